The van der Waals surface area contributed by atoms with Crippen LogP contribution in [0, 0.1) is 17.8 Å². The molecule has 0 aliphatic heterocycles. The van der Waals surface area contributed by atoms with Crippen molar-refractivity contribution < 1.29 is 4.74 Å². The number of halogens is 1. The minimum atomic E-state index is -0.248. The first-order chi connectivity index (χ1) is 16.8. The second-order valence-corrected chi connectivity index (χ2v) is 12.0. The van der Waals surface area contributed by atoms with Crippen LogP contribution in [0.25, 0.3) is 0 Å². The molecule has 1 saturated carbocycles. The van der Waals surface area contributed by atoms with Gasteiger partial charge in [-0.25, -0.2) is 0 Å². The summed E-state index contributed by atoms with van der Waals surface area (Å²) in [5.74, 6) is 2.22. The summed E-state index contributed by atoms with van der Waals surface area (Å²) in [6.45, 7) is 16.3. The summed E-state index contributed by atoms with van der Waals surface area (Å²) in [4.78, 5) is 2.60. The molecule has 4 atom stereocenters. The van der Waals surface area contributed by atoms with Crippen LogP contribution in [0.1, 0.15) is 91.9 Å². The molecule has 0 bridgehead atoms. The van der Waals surface area contributed by atoms with Crippen LogP contribution in [0.5, 0.6) is 0 Å². The molecule has 0 saturated heterocycles. The summed E-state index contributed by atoms with van der Waals surface area (Å²) in [7, 11) is 2.33. The van der Waals surface area contributed by atoms with Crippen LogP contribution in [0.15, 0.2) is 58.2 Å². The first kappa shape index (κ1) is 28.5. The molecular formula is C32H50ClNO. The van der Waals surface area contributed by atoms with Gasteiger partial charge >= 0.3 is 0 Å². The number of hydrogen-bond donors (Lipinski definition) is 0. The van der Waals surface area contributed by atoms with Crippen LogP contribution in [0.4, 0.5) is 0 Å². The Morgan fingerprint density at radius 1 is 1.20 bits per heavy atom. The summed E-state index contributed by atoms with van der Waals surface area (Å²) in [5, 5.41) is 1.01. The third-order valence-electron chi connectivity index (χ3n) is 8.49. The van der Waals surface area contributed by atoms with Crippen LogP contribution in [-0.2, 0) is 4.74 Å². The Morgan fingerprint density at radius 2 is 1.97 bits per heavy atom. The van der Waals surface area contributed by atoms with E-state index in [1.807, 2.05) is 0 Å². The third-order valence-corrected chi connectivity index (χ3v) is 8.79. The molecule has 0 aromatic carbocycles. The largest absolute Gasteiger partial charge is 0.370 e. The van der Waals surface area contributed by atoms with Gasteiger partial charge in [-0.2, -0.15) is 0 Å². The molecule has 4 unspecified atom stereocenters. The van der Waals surface area contributed by atoms with Crippen molar-refractivity contribution in [2.45, 2.75) is 97.5 Å². The molecule has 3 heteroatoms. The molecule has 35 heavy (non-hydrogen) atoms. The van der Waals surface area contributed by atoms with E-state index in [0.717, 1.165) is 68.5 Å². The van der Waals surface area contributed by atoms with Gasteiger partial charge in [-0.05, 0) is 93.5 Å². The van der Waals surface area contributed by atoms with Crippen LogP contribution in [0.2, 0.25) is 0 Å². The van der Waals surface area contributed by atoms with Crippen molar-refractivity contribution >= 4 is 11.6 Å². The van der Waals surface area contributed by atoms with E-state index in [4.69, 9.17) is 16.3 Å². The average molecular weight is 500 g/mol. The Labute approximate surface area is 221 Å². The lowest BCUT2D eigenvalue weighted by atomic mass is 9.71. The monoisotopic (exact) mass is 499 g/mol. The zero-order chi connectivity index (χ0) is 25.4. The third kappa shape index (κ3) is 7.94. The van der Waals surface area contributed by atoms with Gasteiger partial charge in [0.05, 0.1) is 12.2 Å². The van der Waals surface area contributed by atoms with Crippen molar-refractivity contribution in [2.75, 3.05) is 26.7 Å². The van der Waals surface area contributed by atoms with E-state index >= 15 is 0 Å². The lowest BCUT2D eigenvalue weighted by molar-refractivity contribution is -0.0143. The summed E-state index contributed by atoms with van der Waals surface area (Å²) in [6.07, 6.45) is 20.8. The van der Waals surface area contributed by atoms with Gasteiger partial charge in [-0.15, -0.1) is 0 Å². The molecule has 1 fully saturated rings. The Balaban J connectivity index is 1.72. The van der Waals surface area contributed by atoms with Crippen LogP contribution in [0.3, 0.4) is 0 Å². The van der Waals surface area contributed by atoms with Crippen molar-refractivity contribution in [3.63, 3.8) is 0 Å². The van der Waals surface area contributed by atoms with Gasteiger partial charge in [0.2, 0.25) is 0 Å². The minimum Gasteiger partial charge on any atom is -0.370 e. The summed E-state index contributed by atoms with van der Waals surface area (Å²) < 4.78 is 6.73. The predicted octanol–water partition coefficient (Wildman–Crippen LogP) is 9.00. The highest BCUT2D eigenvalue weighted by Crippen LogP contribution is 2.39. The van der Waals surface area contributed by atoms with Gasteiger partial charge in [0, 0.05) is 24.0 Å². The Morgan fingerprint density at radius 3 is 2.57 bits per heavy atom. The lowest BCUT2D eigenvalue weighted by Crippen LogP contribution is -2.40. The highest BCUT2D eigenvalue weighted by atomic mass is 35.5. The van der Waals surface area contributed by atoms with Crippen molar-refractivity contribution in [3.05, 3.63) is 58.2 Å². The van der Waals surface area contributed by atoms with E-state index in [1.54, 1.807) is 5.57 Å². The molecule has 0 amide bonds. The van der Waals surface area contributed by atoms with Crippen molar-refractivity contribution in [3.8, 4) is 0 Å². The topological polar surface area (TPSA) is 12.5 Å². The molecule has 3 aliphatic carbocycles. The second-order valence-electron chi connectivity index (χ2n) is 11.5. The maximum absolute atomic E-state index is 6.73. The molecule has 3 aliphatic rings. The maximum Gasteiger partial charge on any atom is 0.0872 e. The van der Waals surface area contributed by atoms with E-state index in [9.17, 15) is 0 Å². The number of rotatable bonds is 14. The SMILES string of the molecule is C=C(CC)C1=CCC(C)(OCC(CN(C)CC2CCC2CCC)C2=C(CCC)C=C(Cl)CC2)C=C1. The van der Waals surface area contributed by atoms with Gasteiger partial charge in [-0.3, -0.25) is 0 Å². The Hall–Kier alpha value is -1.09. The average Bonchev–Trinajstić information content (AvgIpc) is 2.83. The minimum absolute atomic E-state index is 0.248. The van der Waals surface area contributed by atoms with Crippen LogP contribution >= 0.6 is 11.6 Å². The van der Waals surface area contributed by atoms with E-state index in [2.05, 4.69) is 70.5 Å². The molecule has 0 radical (unpaired) electrons. The number of hydrogen-bond acceptors (Lipinski definition) is 2. The van der Waals surface area contributed by atoms with Gasteiger partial charge < -0.3 is 9.64 Å². The van der Waals surface area contributed by atoms with E-state index in [-0.39, 0.29) is 5.60 Å². The molecule has 0 aromatic heterocycles. The van der Waals surface area contributed by atoms with Gasteiger partial charge in [-0.1, -0.05) is 82.0 Å². The smallest absolute Gasteiger partial charge is 0.0872 e. The van der Waals surface area contributed by atoms with E-state index in [1.165, 1.54) is 48.9 Å². The molecule has 0 heterocycles. The predicted molar refractivity (Wildman–Crippen MR) is 153 cm³/mol. The number of allylic oxidation sites excluding steroid dienone is 6. The number of nitrogens with zero attached hydrogens (tertiary/aromatic N) is 1. The normalized spacial score (nSPS) is 27.5. The first-order valence-electron chi connectivity index (χ1n) is 14.3. The van der Waals surface area contributed by atoms with Crippen LogP contribution < -0.4 is 0 Å². The van der Waals surface area contributed by atoms with Gasteiger partial charge in [0.15, 0.2) is 0 Å². The zero-order valence-electron chi connectivity index (χ0n) is 23.2. The van der Waals surface area contributed by atoms with Crippen molar-refractivity contribution in [1.29, 1.82) is 0 Å². The molecule has 0 N–H and O–H groups in total. The summed E-state index contributed by atoms with van der Waals surface area (Å²) >= 11 is 6.50. The molecule has 2 nitrogen and oxygen atoms in total. The van der Waals surface area contributed by atoms with Crippen molar-refractivity contribution in [2.24, 2.45) is 17.8 Å². The van der Waals surface area contributed by atoms with Crippen molar-refractivity contribution in [1.82, 2.24) is 4.90 Å². The fourth-order valence-corrected chi connectivity index (χ4v) is 6.29. The standard InChI is InChI=1S/C32H50ClNO/c1-7-10-26-12-13-28(26)21-34(6)22-29(31-15-14-30(33)20-27(31)11-8-2)23-35-32(5)18-16-25(17-19-32)24(4)9-3/h16-18,20,26,28-29H,4,7-15,19,21-23H2,1-3,5-6H3. The molecule has 3 rings (SSSR count). The van der Waals surface area contributed by atoms with E-state index in [0.29, 0.717) is 5.92 Å². The van der Waals surface area contributed by atoms with E-state index < -0.39 is 0 Å². The fraction of sp³-hybridized carbons (Fsp3) is 0.688. The summed E-state index contributed by atoms with van der Waals surface area (Å²) in [5.41, 5.74) is 5.28. The maximum atomic E-state index is 6.73. The van der Waals surface area contributed by atoms with Crippen LogP contribution in [-0.4, -0.2) is 37.2 Å². The first-order valence-corrected chi connectivity index (χ1v) is 14.6. The summed E-state index contributed by atoms with van der Waals surface area (Å²) in [6, 6.07) is 0. The Bertz CT molecular complexity index is 850. The fourth-order valence-electron chi connectivity index (χ4n) is 6.06. The zero-order valence-corrected chi connectivity index (χ0v) is 23.9. The number of ether oxygens (including phenoxy) is 1. The molecule has 0 aromatic rings. The lowest BCUT2D eigenvalue weighted by Gasteiger charge is -2.40. The Kier molecular flexibility index (Phi) is 10.9. The molecule has 196 valence electrons. The van der Waals surface area contributed by atoms with Gasteiger partial charge in [0.1, 0.15) is 0 Å². The molecule has 0 spiro atoms. The second kappa shape index (κ2) is 13.5. The quantitative estimate of drug-likeness (QED) is 0.236. The molecular weight excluding hydrogens is 450 g/mol. The highest BCUT2D eigenvalue weighted by molar-refractivity contribution is 6.29. The highest BCUT2D eigenvalue weighted by Gasteiger charge is 2.32. The van der Waals surface area contributed by atoms with Gasteiger partial charge in [0.25, 0.3) is 0 Å².